The van der Waals surface area contributed by atoms with Crippen molar-refractivity contribution in [3.8, 4) is 11.5 Å². The maximum atomic E-state index is 13.1. The number of carbonyl (C=O) groups is 1. The molecule has 5 rings (SSSR count). The number of hydrogen-bond donors (Lipinski definition) is 0. The number of ketones is 1. The third kappa shape index (κ3) is 4.20. The molecule has 162 valence electrons. The standard InChI is InChI=1S/C26H21BrClNO3/c1-16-25-19(14-29(15-31-25)10-9-17-5-7-21(28)8-6-17)13-22-24(30)23(32-26(16)22)12-18-3-2-4-20(27)11-18/h2-8,11-13H,9-10,14-15H2,1H3/b23-12-. The molecule has 0 fully saturated rings. The third-order valence-corrected chi connectivity index (χ3v) is 6.52. The van der Waals surface area contributed by atoms with Crippen LogP contribution in [0.15, 0.2) is 64.8 Å². The van der Waals surface area contributed by atoms with Crippen LogP contribution in [0.1, 0.15) is 32.6 Å². The predicted octanol–water partition coefficient (Wildman–Crippen LogP) is 6.42. The first kappa shape index (κ1) is 21.3. The molecule has 0 amide bonds. The maximum Gasteiger partial charge on any atom is 0.231 e. The molecule has 2 aliphatic heterocycles. The molecule has 4 nitrogen and oxygen atoms in total. The zero-order valence-electron chi connectivity index (χ0n) is 17.5. The van der Waals surface area contributed by atoms with Crippen molar-refractivity contribution in [1.29, 1.82) is 0 Å². The number of halogens is 2. The van der Waals surface area contributed by atoms with Crippen molar-refractivity contribution >= 4 is 39.4 Å². The number of ether oxygens (including phenoxy) is 2. The van der Waals surface area contributed by atoms with Gasteiger partial charge in [-0.05, 0) is 60.9 Å². The van der Waals surface area contributed by atoms with Crippen molar-refractivity contribution in [1.82, 2.24) is 4.90 Å². The van der Waals surface area contributed by atoms with Crippen LogP contribution in [-0.2, 0) is 13.0 Å². The molecule has 2 heterocycles. The van der Waals surface area contributed by atoms with E-state index in [-0.39, 0.29) is 5.78 Å². The van der Waals surface area contributed by atoms with Crippen molar-refractivity contribution in [2.75, 3.05) is 13.3 Å². The Hall–Kier alpha value is -2.60. The van der Waals surface area contributed by atoms with Crippen LogP contribution in [-0.4, -0.2) is 24.0 Å². The van der Waals surface area contributed by atoms with Crippen LogP contribution in [0.3, 0.4) is 0 Å². The number of allylic oxidation sites excluding steroid dienone is 1. The number of nitrogens with zero attached hydrogens (tertiary/aromatic N) is 1. The van der Waals surface area contributed by atoms with Crippen molar-refractivity contribution in [3.05, 3.63) is 97.7 Å². The Morgan fingerprint density at radius 1 is 1.12 bits per heavy atom. The van der Waals surface area contributed by atoms with Gasteiger partial charge in [-0.25, -0.2) is 0 Å². The predicted molar refractivity (Wildman–Crippen MR) is 129 cm³/mol. The fraction of sp³-hybridized carbons (Fsp3) is 0.192. The molecule has 0 saturated carbocycles. The zero-order valence-corrected chi connectivity index (χ0v) is 19.9. The lowest BCUT2D eigenvalue weighted by molar-refractivity contribution is 0.0954. The van der Waals surface area contributed by atoms with Crippen LogP contribution in [0.4, 0.5) is 0 Å². The van der Waals surface area contributed by atoms with E-state index in [9.17, 15) is 4.79 Å². The molecule has 0 unspecified atom stereocenters. The van der Waals surface area contributed by atoms with Crippen LogP contribution < -0.4 is 9.47 Å². The quantitative estimate of drug-likeness (QED) is 0.380. The van der Waals surface area contributed by atoms with E-state index in [0.717, 1.165) is 51.4 Å². The van der Waals surface area contributed by atoms with Crippen molar-refractivity contribution in [3.63, 3.8) is 0 Å². The zero-order chi connectivity index (χ0) is 22.2. The lowest BCUT2D eigenvalue weighted by Gasteiger charge is -2.30. The molecule has 6 heteroatoms. The fourth-order valence-corrected chi connectivity index (χ4v) is 4.67. The van der Waals surface area contributed by atoms with Gasteiger partial charge in [-0.1, -0.05) is 51.8 Å². The van der Waals surface area contributed by atoms with Crippen LogP contribution in [0.5, 0.6) is 11.5 Å². The summed E-state index contributed by atoms with van der Waals surface area (Å²) in [5.41, 5.74) is 4.63. The summed E-state index contributed by atoms with van der Waals surface area (Å²) in [5, 5.41) is 0.744. The van der Waals surface area contributed by atoms with E-state index in [1.54, 1.807) is 6.08 Å². The summed E-state index contributed by atoms with van der Waals surface area (Å²) in [6.45, 7) is 4.05. The van der Waals surface area contributed by atoms with Gasteiger partial charge in [0.2, 0.25) is 5.78 Å². The van der Waals surface area contributed by atoms with Gasteiger partial charge in [-0.2, -0.15) is 0 Å². The summed E-state index contributed by atoms with van der Waals surface area (Å²) in [4.78, 5) is 15.3. The number of Topliss-reactive ketones (excluding diaryl/α,β-unsaturated/α-hetero) is 1. The van der Waals surface area contributed by atoms with Gasteiger partial charge in [0.05, 0.1) is 5.56 Å². The Labute approximate surface area is 200 Å². The number of carbonyl (C=O) groups excluding carboxylic acids is 1. The summed E-state index contributed by atoms with van der Waals surface area (Å²) in [5.74, 6) is 1.67. The first-order chi connectivity index (χ1) is 15.5. The van der Waals surface area contributed by atoms with Crippen LogP contribution in [0.2, 0.25) is 5.02 Å². The molecule has 0 bridgehead atoms. The molecule has 32 heavy (non-hydrogen) atoms. The van der Waals surface area contributed by atoms with Gasteiger partial charge in [0.1, 0.15) is 18.2 Å². The number of benzene rings is 3. The van der Waals surface area contributed by atoms with Crippen LogP contribution >= 0.6 is 27.5 Å². The molecule has 3 aromatic carbocycles. The molecule has 0 aliphatic carbocycles. The summed E-state index contributed by atoms with van der Waals surface area (Å²) < 4.78 is 13.0. The smallest absolute Gasteiger partial charge is 0.231 e. The highest BCUT2D eigenvalue weighted by atomic mass is 79.9. The first-order valence-electron chi connectivity index (χ1n) is 10.4. The van der Waals surface area contributed by atoms with Crippen molar-refractivity contribution in [2.24, 2.45) is 0 Å². The highest BCUT2D eigenvalue weighted by molar-refractivity contribution is 9.10. The second-order valence-electron chi connectivity index (χ2n) is 8.06. The summed E-state index contributed by atoms with van der Waals surface area (Å²) in [6, 6.07) is 17.6. The molecule has 0 aromatic heterocycles. The molecular weight excluding hydrogens is 490 g/mol. The van der Waals surface area contributed by atoms with Gasteiger partial charge in [0.25, 0.3) is 0 Å². The minimum atomic E-state index is -0.0934. The lowest BCUT2D eigenvalue weighted by Crippen LogP contribution is -2.34. The van der Waals surface area contributed by atoms with Gasteiger partial charge in [-0.3, -0.25) is 9.69 Å². The molecule has 0 saturated heterocycles. The van der Waals surface area contributed by atoms with Crippen LogP contribution in [0, 0.1) is 6.92 Å². The highest BCUT2D eigenvalue weighted by Gasteiger charge is 2.33. The second-order valence-corrected chi connectivity index (χ2v) is 9.42. The fourth-order valence-electron chi connectivity index (χ4n) is 4.13. The van der Waals surface area contributed by atoms with E-state index in [4.69, 9.17) is 21.1 Å². The summed E-state index contributed by atoms with van der Waals surface area (Å²) in [7, 11) is 0. The Kier molecular flexibility index (Phi) is 5.80. The monoisotopic (exact) mass is 509 g/mol. The van der Waals surface area contributed by atoms with E-state index < -0.39 is 0 Å². The largest absolute Gasteiger partial charge is 0.477 e. The summed E-state index contributed by atoms with van der Waals surface area (Å²) >= 11 is 9.44. The van der Waals surface area contributed by atoms with E-state index in [2.05, 4.69) is 20.8 Å². The van der Waals surface area contributed by atoms with Gasteiger partial charge in [-0.15, -0.1) is 0 Å². The Balaban J connectivity index is 1.36. The van der Waals surface area contributed by atoms with Gasteiger partial charge < -0.3 is 9.47 Å². The molecule has 2 aliphatic rings. The Bertz CT molecular complexity index is 1240. The Morgan fingerprint density at radius 3 is 2.72 bits per heavy atom. The maximum absolute atomic E-state index is 13.1. The first-order valence-corrected chi connectivity index (χ1v) is 11.6. The second kappa shape index (κ2) is 8.74. The molecular formula is C26H21BrClNO3. The van der Waals surface area contributed by atoms with Crippen molar-refractivity contribution in [2.45, 2.75) is 19.9 Å². The molecule has 0 spiro atoms. The average molecular weight is 511 g/mol. The Morgan fingerprint density at radius 2 is 1.94 bits per heavy atom. The number of rotatable bonds is 4. The topological polar surface area (TPSA) is 38.8 Å². The molecule has 3 aromatic rings. The molecule has 0 atom stereocenters. The SMILES string of the molecule is Cc1c2c(cc3c1O/C(=C\c1cccc(Br)c1)C3=O)CN(CCc1ccc(Cl)cc1)CO2. The van der Waals surface area contributed by atoms with E-state index in [0.29, 0.717) is 23.8 Å². The number of hydrogen-bond acceptors (Lipinski definition) is 4. The van der Waals surface area contributed by atoms with Gasteiger partial charge in [0, 0.05) is 33.7 Å². The normalized spacial score (nSPS) is 16.5. The molecule has 0 radical (unpaired) electrons. The van der Waals surface area contributed by atoms with Crippen LogP contribution in [0.25, 0.3) is 6.08 Å². The van der Waals surface area contributed by atoms with Gasteiger partial charge in [0.15, 0.2) is 5.76 Å². The molecule has 0 N–H and O–H groups in total. The van der Waals surface area contributed by atoms with E-state index >= 15 is 0 Å². The number of fused-ring (bicyclic) bond motifs is 2. The summed E-state index contributed by atoms with van der Waals surface area (Å²) in [6.07, 6.45) is 2.69. The van der Waals surface area contributed by atoms with Crippen molar-refractivity contribution < 1.29 is 14.3 Å². The van der Waals surface area contributed by atoms with E-state index in [1.165, 1.54) is 5.56 Å². The lowest BCUT2D eigenvalue weighted by atomic mass is 10.00. The van der Waals surface area contributed by atoms with Gasteiger partial charge >= 0.3 is 0 Å². The third-order valence-electron chi connectivity index (χ3n) is 5.78. The van der Waals surface area contributed by atoms with E-state index in [1.807, 2.05) is 61.5 Å². The average Bonchev–Trinajstić information content (AvgIpc) is 3.09. The minimum absolute atomic E-state index is 0.0934. The minimum Gasteiger partial charge on any atom is -0.477 e. The highest BCUT2D eigenvalue weighted by Crippen LogP contribution is 2.43.